The van der Waals surface area contributed by atoms with Gasteiger partial charge in [-0.15, -0.1) is 0 Å². The molecule has 3 aromatic rings. The minimum Gasteiger partial charge on any atom is -0.342 e. The maximum Gasteiger partial charge on any atom is 0.222 e. The Morgan fingerprint density at radius 1 is 1.18 bits per heavy atom. The van der Waals surface area contributed by atoms with Crippen LogP contribution >= 0.6 is 0 Å². The zero-order chi connectivity index (χ0) is 22.9. The van der Waals surface area contributed by atoms with Gasteiger partial charge in [0.05, 0.1) is 11.4 Å². The lowest BCUT2D eigenvalue weighted by atomic mass is 9.96. The summed E-state index contributed by atoms with van der Waals surface area (Å²) in [7, 11) is 1.96. The van der Waals surface area contributed by atoms with Gasteiger partial charge in [-0.2, -0.15) is 10.2 Å². The van der Waals surface area contributed by atoms with E-state index in [2.05, 4.69) is 52.4 Å². The first-order chi connectivity index (χ1) is 16.0. The fraction of sp³-hybridized carbons (Fsp3) is 0.500. The zero-order valence-electron chi connectivity index (χ0n) is 20.0. The van der Waals surface area contributed by atoms with E-state index in [0.29, 0.717) is 12.3 Å². The molecule has 7 heteroatoms. The number of H-pyrrole nitrogens is 1. The van der Waals surface area contributed by atoms with Crippen molar-refractivity contribution in [1.82, 2.24) is 29.8 Å². The predicted octanol–water partition coefficient (Wildman–Crippen LogP) is 3.27. The molecule has 1 unspecified atom stereocenters. The highest BCUT2D eigenvalue weighted by Gasteiger charge is 2.33. The molecule has 0 bridgehead atoms. The average molecular weight is 447 g/mol. The van der Waals surface area contributed by atoms with Crippen molar-refractivity contribution in [2.45, 2.75) is 58.5 Å². The van der Waals surface area contributed by atoms with Crippen molar-refractivity contribution in [3.05, 3.63) is 69.8 Å². The van der Waals surface area contributed by atoms with Crippen LogP contribution < -0.4 is 0 Å². The number of benzene rings is 1. The molecule has 4 heterocycles. The van der Waals surface area contributed by atoms with Crippen LogP contribution in [0.2, 0.25) is 0 Å². The van der Waals surface area contributed by atoms with Crippen molar-refractivity contribution in [2.75, 3.05) is 19.6 Å². The molecular formula is C26H34N6O. The Morgan fingerprint density at radius 3 is 2.76 bits per heavy atom. The highest BCUT2D eigenvalue weighted by atomic mass is 16.2. The first kappa shape index (κ1) is 21.9. The van der Waals surface area contributed by atoms with Crippen LogP contribution in [0, 0.1) is 13.8 Å². The summed E-state index contributed by atoms with van der Waals surface area (Å²) in [5.41, 5.74) is 8.56. The van der Waals surface area contributed by atoms with E-state index in [9.17, 15) is 4.79 Å². The molecule has 0 saturated carbocycles. The number of hydrogen-bond donors (Lipinski definition) is 1. The van der Waals surface area contributed by atoms with Crippen molar-refractivity contribution < 1.29 is 4.79 Å². The second-order valence-corrected chi connectivity index (χ2v) is 9.61. The van der Waals surface area contributed by atoms with Crippen LogP contribution in [0.3, 0.4) is 0 Å². The number of carbonyl (C=O) groups is 1. The van der Waals surface area contributed by atoms with Crippen LogP contribution in [0.5, 0.6) is 0 Å². The van der Waals surface area contributed by atoms with Gasteiger partial charge in [0.2, 0.25) is 5.91 Å². The highest BCUT2D eigenvalue weighted by molar-refractivity contribution is 5.77. The average Bonchev–Trinajstić information content (AvgIpc) is 3.51. The second-order valence-electron chi connectivity index (χ2n) is 9.61. The standard InChI is InChI=1S/C26H34N6O/c1-18-22(19(2)30(3)29-18)9-10-25(33)32-14-11-21(16-32)26-23-17-31(13-12-24(23)27-28-26)15-20-7-5-4-6-8-20/h4-8,21H,9-17H2,1-3H3,(H,27,28). The summed E-state index contributed by atoms with van der Waals surface area (Å²) in [4.78, 5) is 17.5. The van der Waals surface area contributed by atoms with E-state index >= 15 is 0 Å². The topological polar surface area (TPSA) is 70.0 Å². The summed E-state index contributed by atoms with van der Waals surface area (Å²) < 4.78 is 1.91. The van der Waals surface area contributed by atoms with Crippen molar-refractivity contribution in [1.29, 1.82) is 0 Å². The Morgan fingerprint density at radius 2 is 2.00 bits per heavy atom. The van der Waals surface area contributed by atoms with Gasteiger partial charge >= 0.3 is 0 Å². The Kier molecular flexibility index (Phi) is 6.06. The smallest absolute Gasteiger partial charge is 0.222 e. The number of likely N-dealkylation sites (tertiary alicyclic amines) is 1. The molecule has 1 amide bonds. The molecule has 7 nitrogen and oxygen atoms in total. The molecule has 2 aliphatic rings. The fourth-order valence-corrected chi connectivity index (χ4v) is 5.47. The monoisotopic (exact) mass is 446 g/mol. The van der Waals surface area contributed by atoms with Crippen LogP contribution in [0.1, 0.15) is 58.2 Å². The third-order valence-electron chi connectivity index (χ3n) is 7.47. The third-order valence-corrected chi connectivity index (χ3v) is 7.47. The lowest BCUT2D eigenvalue weighted by molar-refractivity contribution is -0.130. The number of nitrogens with zero attached hydrogens (tertiary/aromatic N) is 5. The summed E-state index contributed by atoms with van der Waals surface area (Å²) >= 11 is 0. The second kappa shape index (κ2) is 9.14. The number of nitrogens with one attached hydrogen (secondary N) is 1. The third kappa shape index (κ3) is 4.47. The largest absolute Gasteiger partial charge is 0.342 e. The summed E-state index contributed by atoms with van der Waals surface area (Å²) in [6.45, 7) is 8.65. The van der Waals surface area contributed by atoms with E-state index in [1.165, 1.54) is 28.1 Å². The number of carbonyl (C=O) groups excluding carboxylic acids is 1. The number of hydrogen-bond acceptors (Lipinski definition) is 4. The molecule has 2 aromatic heterocycles. The maximum absolute atomic E-state index is 13.0. The molecule has 2 aliphatic heterocycles. The molecule has 1 N–H and O–H groups in total. The van der Waals surface area contributed by atoms with E-state index in [0.717, 1.165) is 63.4 Å². The van der Waals surface area contributed by atoms with Gasteiger partial charge in [-0.3, -0.25) is 19.5 Å². The lowest BCUT2D eigenvalue weighted by Crippen LogP contribution is -2.31. The van der Waals surface area contributed by atoms with Gasteiger partial charge in [0.15, 0.2) is 0 Å². The van der Waals surface area contributed by atoms with E-state index in [-0.39, 0.29) is 5.91 Å². The molecule has 1 aromatic carbocycles. The molecule has 0 aliphatic carbocycles. The summed E-state index contributed by atoms with van der Waals surface area (Å²) in [6, 6.07) is 10.7. The summed E-state index contributed by atoms with van der Waals surface area (Å²) in [6.07, 6.45) is 3.31. The van der Waals surface area contributed by atoms with E-state index in [1.54, 1.807) is 0 Å². The van der Waals surface area contributed by atoms with Gasteiger partial charge in [-0.25, -0.2) is 0 Å². The zero-order valence-corrected chi connectivity index (χ0v) is 20.0. The molecule has 5 rings (SSSR count). The summed E-state index contributed by atoms with van der Waals surface area (Å²) in [5, 5.41) is 12.5. The van der Waals surface area contributed by atoms with Crippen LogP contribution in [-0.4, -0.2) is 55.3 Å². The molecule has 174 valence electrons. The number of rotatable bonds is 6. The number of aromatic amines is 1. The van der Waals surface area contributed by atoms with E-state index in [1.807, 2.05) is 23.6 Å². The van der Waals surface area contributed by atoms with Gasteiger partial charge in [-0.05, 0) is 37.8 Å². The molecule has 1 saturated heterocycles. The normalized spacial score (nSPS) is 18.6. The predicted molar refractivity (Wildman–Crippen MR) is 128 cm³/mol. The van der Waals surface area contributed by atoms with Crippen molar-refractivity contribution >= 4 is 5.91 Å². The number of fused-ring (bicyclic) bond motifs is 1. The fourth-order valence-electron chi connectivity index (χ4n) is 5.47. The van der Waals surface area contributed by atoms with Gasteiger partial charge in [-0.1, -0.05) is 30.3 Å². The Hall–Kier alpha value is -2.93. The Balaban J connectivity index is 1.21. The SMILES string of the molecule is Cc1nn(C)c(C)c1CCC(=O)N1CCC(c2n[nH]c3c2CN(Cc2ccccc2)CC3)C1. The van der Waals surface area contributed by atoms with Crippen LogP contribution in [0.4, 0.5) is 0 Å². The quantitative estimate of drug-likeness (QED) is 0.631. The number of amides is 1. The molecular weight excluding hydrogens is 412 g/mol. The Labute approximate surface area is 195 Å². The van der Waals surface area contributed by atoms with Crippen LogP contribution in [0.25, 0.3) is 0 Å². The Bertz CT molecular complexity index is 1130. The highest BCUT2D eigenvalue weighted by Crippen LogP contribution is 2.32. The lowest BCUT2D eigenvalue weighted by Gasteiger charge is -2.27. The minimum atomic E-state index is 0.246. The first-order valence-electron chi connectivity index (χ1n) is 12.1. The van der Waals surface area contributed by atoms with E-state index < -0.39 is 0 Å². The molecule has 1 atom stereocenters. The van der Waals surface area contributed by atoms with Crippen molar-refractivity contribution in [3.63, 3.8) is 0 Å². The number of aryl methyl sites for hydroxylation is 2. The van der Waals surface area contributed by atoms with Gasteiger partial charge in [0, 0.05) is 75.5 Å². The maximum atomic E-state index is 13.0. The molecule has 1 fully saturated rings. The van der Waals surface area contributed by atoms with Crippen LogP contribution in [0.15, 0.2) is 30.3 Å². The van der Waals surface area contributed by atoms with Crippen LogP contribution in [-0.2, 0) is 37.8 Å². The van der Waals surface area contributed by atoms with Crippen molar-refractivity contribution in [3.8, 4) is 0 Å². The van der Waals surface area contributed by atoms with Crippen molar-refractivity contribution in [2.24, 2.45) is 7.05 Å². The van der Waals surface area contributed by atoms with Gasteiger partial charge in [0.25, 0.3) is 0 Å². The minimum absolute atomic E-state index is 0.246. The molecule has 0 radical (unpaired) electrons. The number of aromatic nitrogens is 4. The molecule has 0 spiro atoms. The first-order valence-corrected chi connectivity index (χ1v) is 12.1. The van der Waals surface area contributed by atoms with Gasteiger partial charge in [0.1, 0.15) is 0 Å². The summed E-state index contributed by atoms with van der Waals surface area (Å²) in [5.74, 6) is 0.572. The van der Waals surface area contributed by atoms with Gasteiger partial charge < -0.3 is 4.90 Å². The van der Waals surface area contributed by atoms with E-state index in [4.69, 9.17) is 5.10 Å². The molecule has 33 heavy (non-hydrogen) atoms.